The molecule has 0 heterocycles. The van der Waals surface area contributed by atoms with E-state index >= 15 is 0 Å². The average Bonchev–Trinajstić information content (AvgIpc) is 2.51. The third kappa shape index (κ3) is 4.99. The first-order valence-corrected chi connectivity index (χ1v) is 7.75. The van der Waals surface area contributed by atoms with E-state index in [1.165, 1.54) is 6.92 Å². The lowest BCUT2D eigenvalue weighted by Gasteiger charge is -2.16. The largest absolute Gasteiger partial charge is 0.481 e. The van der Waals surface area contributed by atoms with Gasteiger partial charge < -0.3 is 14.8 Å². The highest BCUT2D eigenvalue weighted by Crippen LogP contribution is 2.26. The van der Waals surface area contributed by atoms with Crippen molar-refractivity contribution < 1.29 is 19.1 Å². The van der Waals surface area contributed by atoms with Crippen LogP contribution in [0.2, 0.25) is 5.02 Å². The molecule has 1 N–H and O–H groups in total. The monoisotopic (exact) mass is 347 g/mol. The zero-order valence-corrected chi connectivity index (χ0v) is 14.4. The third-order valence-corrected chi connectivity index (χ3v) is 3.39. The number of esters is 1. The normalized spacial score (nSPS) is 11.5. The quantitative estimate of drug-likeness (QED) is 0.656. The number of ether oxygens (including phenoxy) is 2. The molecule has 0 radical (unpaired) electrons. The summed E-state index contributed by atoms with van der Waals surface area (Å²) >= 11 is 5.82. The van der Waals surface area contributed by atoms with Crippen molar-refractivity contribution in [1.29, 1.82) is 0 Å². The summed E-state index contributed by atoms with van der Waals surface area (Å²) in [5.74, 6) is 0.00964. The SMILES string of the molecule is CC(=O)Oc1ccc(C)cc1NC(=O)C(C)Oc1ccc(Cl)cc1. The lowest BCUT2D eigenvalue weighted by atomic mass is 10.2. The van der Waals surface area contributed by atoms with E-state index < -0.39 is 12.1 Å². The van der Waals surface area contributed by atoms with Crippen LogP contribution in [-0.4, -0.2) is 18.0 Å². The number of benzene rings is 2. The highest BCUT2D eigenvalue weighted by atomic mass is 35.5. The molecule has 0 bridgehead atoms. The van der Waals surface area contributed by atoms with Crippen molar-refractivity contribution in [2.24, 2.45) is 0 Å². The molecule has 1 atom stereocenters. The van der Waals surface area contributed by atoms with Crippen LogP contribution in [0.1, 0.15) is 19.4 Å². The van der Waals surface area contributed by atoms with Crippen molar-refractivity contribution >= 4 is 29.2 Å². The Morgan fingerprint density at radius 2 is 1.79 bits per heavy atom. The number of amides is 1. The fraction of sp³-hybridized carbons (Fsp3) is 0.222. The van der Waals surface area contributed by atoms with Gasteiger partial charge in [-0.15, -0.1) is 0 Å². The Kier molecular flexibility index (Phi) is 5.82. The van der Waals surface area contributed by atoms with Gasteiger partial charge in [0.2, 0.25) is 0 Å². The van der Waals surface area contributed by atoms with Crippen LogP contribution < -0.4 is 14.8 Å². The van der Waals surface area contributed by atoms with Gasteiger partial charge in [-0.25, -0.2) is 0 Å². The molecule has 2 aromatic carbocycles. The predicted octanol–water partition coefficient (Wildman–Crippen LogP) is 3.98. The molecule has 1 unspecified atom stereocenters. The Morgan fingerprint density at radius 1 is 1.12 bits per heavy atom. The Morgan fingerprint density at radius 3 is 2.42 bits per heavy atom. The number of rotatable bonds is 5. The first-order chi connectivity index (χ1) is 11.3. The summed E-state index contributed by atoms with van der Waals surface area (Å²) in [5.41, 5.74) is 1.34. The molecule has 0 aromatic heterocycles. The van der Waals surface area contributed by atoms with Crippen LogP contribution in [0.15, 0.2) is 42.5 Å². The van der Waals surface area contributed by atoms with Crippen LogP contribution in [0.5, 0.6) is 11.5 Å². The average molecular weight is 348 g/mol. The van der Waals surface area contributed by atoms with Crippen molar-refractivity contribution in [1.82, 2.24) is 0 Å². The van der Waals surface area contributed by atoms with Crippen molar-refractivity contribution in [3.05, 3.63) is 53.1 Å². The van der Waals surface area contributed by atoms with E-state index in [0.29, 0.717) is 22.2 Å². The number of hydrogen-bond donors (Lipinski definition) is 1. The second-order valence-electron chi connectivity index (χ2n) is 5.30. The Bertz CT molecular complexity index is 743. The Hall–Kier alpha value is -2.53. The van der Waals surface area contributed by atoms with E-state index in [9.17, 15) is 9.59 Å². The first kappa shape index (κ1) is 17.8. The molecule has 0 saturated carbocycles. The van der Waals surface area contributed by atoms with Crippen molar-refractivity contribution in [3.8, 4) is 11.5 Å². The maximum Gasteiger partial charge on any atom is 0.308 e. The lowest BCUT2D eigenvalue weighted by Crippen LogP contribution is -2.30. The van der Waals surface area contributed by atoms with Crippen LogP contribution in [-0.2, 0) is 9.59 Å². The molecule has 126 valence electrons. The van der Waals surface area contributed by atoms with Crippen LogP contribution in [0, 0.1) is 6.92 Å². The van der Waals surface area contributed by atoms with E-state index in [2.05, 4.69) is 5.32 Å². The molecular formula is C18H18ClNO4. The third-order valence-electron chi connectivity index (χ3n) is 3.14. The number of carbonyl (C=O) groups is 2. The number of carbonyl (C=O) groups excluding carboxylic acids is 2. The number of anilines is 1. The van der Waals surface area contributed by atoms with Crippen molar-refractivity contribution in [2.75, 3.05) is 5.32 Å². The number of nitrogens with one attached hydrogen (secondary N) is 1. The van der Waals surface area contributed by atoms with E-state index in [1.807, 2.05) is 6.92 Å². The molecule has 1 amide bonds. The van der Waals surface area contributed by atoms with Crippen LogP contribution >= 0.6 is 11.6 Å². The van der Waals surface area contributed by atoms with E-state index in [1.54, 1.807) is 49.4 Å². The van der Waals surface area contributed by atoms with Gasteiger partial charge in [-0.2, -0.15) is 0 Å². The second-order valence-corrected chi connectivity index (χ2v) is 5.73. The predicted molar refractivity (Wildman–Crippen MR) is 92.7 cm³/mol. The minimum atomic E-state index is -0.739. The van der Waals surface area contributed by atoms with Gasteiger partial charge in [0.05, 0.1) is 5.69 Å². The highest BCUT2D eigenvalue weighted by molar-refractivity contribution is 6.30. The molecular weight excluding hydrogens is 330 g/mol. The molecule has 0 aliphatic rings. The van der Waals surface area contributed by atoms with Gasteiger partial charge in [-0.1, -0.05) is 17.7 Å². The standard InChI is InChI=1S/C18H18ClNO4/c1-11-4-9-17(24-13(3)21)16(10-11)20-18(22)12(2)23-15-7-5-14(19)6-8-15/h4-10,12H,1-3H3,(H,20,22). The summed E-state index contributed by atoms with van der Waals surface area (Å²) in [6.45, 7) is 4.81. The van der Waals surface area contributed by atoms with E-state index in [4.69, 9.17) is 21.1 Å². The number of hydrogen-bond acceptors (Lipinski definition) is 4. The van der Waals surface area contributed by atoms with Gasteiger partial charge in [0.25, 0.3) is 5.91 Å². The summed E-state index contributed by atoms with van der Waals surface area (Å²) < 4.78 is 10.7. The molecule has 5 nitrogen and oxygen atoms in total. The molecule has 0 fully saturated rings. The van der Waals surface area contributed by atoms with Gasteiger partial charge in [-0.3, -0.25) is 9.59 Å². The van der Waals surface area contributed by atoms with Crippen molar-refractivity contribution in [3.63, 3.8) is 0 Å². The smallest absolute Gasteiger partial charge is 0.308 e. The molecule has 0 spiro atoms. The maximum atomic E-state index is 12.3. The number of aryl methyl sites for hydroxylation is 1. The molecule has 2 rings (SSSR count). The number of halogens is 1. The zero-order valence-electron chi connectivity index (χ0n) is 13.6. The maximum absolute atomic E-state index is 12.3. The van der Waals surface area contributed by atoms with Gasteiger partial charge in [0, 0.05) is 11.9 Å². The highest BCUT2D eigenvalue weighted by Gasteiger charge is 2.17. The Labute approximate surface area is 145 Å². The molecule has 6 heteroatoms. The van der Waals surface area contributed by atoms with Crippen LogP contribution in [0.3, 0.4) is 0 Å². The molecule has 0 aliphatic carbocycles. The summed E-state index contributed by atoms with van der Waals surface area (Å²) in [5, 5.41) is 3.31. The van der Waals surface area contributed by atoms with Gasteiger partial charge in [0.1, 0.15) is 5.75 Å². The summed E-state index contributed by atoms with van der Waals surface area (Å²) in [4.78, 5) is 23.5. The van der Waals surface area contributed by atoms with Gasteiger partial charge in [0.15, 0.2) is 11.9 Å². The fourth-order valence-corrected chi connectivity index (χ4v) is 2.12. The van der Waals surface area contributed by atoms with E-state index in [-0.39, 0.29) is 5.91 Å². The Balaban J connectivity index is 2.09. The minimum Gasteiger partial charge on any atom is -0.481 e. The summed E-state index contributed by atoms with van der Waals surface area (Å²) in [6, 6.07) is 11.9. The fourth-order valence-electron chi connectivity index (χ4n) is 1.99. The first-order valence-electron chi connectivity index (χ1n) is 7.37. The van der Waals surface area contributed by atoms with Gasteiger partial charge in [-0.05, 0) is 55.8 Å². The molecule has 2 aromatic rings. The summed E-state index contributed by atoms with van der Waals surface area (Å²) in [7, 11) is 0. The zero-order chi connectivity index (χ0) is 17.7. The van der Waals surface area contributed by atoms with Crippen LogP contribution in [0.4, 0.5) is 5.69 Å². The molecule has 0 saturated heterocycles. The summed E-state index contributed by atoms with van der Waals surface area (Å²) in [6.07, 6.45) is -0.739. The molecule has 24 heavy (non-hydrogen) atoms. The second kappa shape index (κ2) is 7.84. The van der Waals surface area contributed by atoms with E-state index in [0.717, 1.165) is 5.56 Å². The molecule has 0 aliphatic heterocycles. The minimum absolute atomic E-state index is 0.292. The topological polar surface area (TPSA) is 64.6 Å². The van der Waals surface area contributed by atoms with Crippen molar-refractivity contribution in [2.45, 2.75) is 26.9 Å². The van der Waals surface area contributed by atoms with Crippen LogP contribution in [0.25, 0.3) is 0 Å². The van der Waals surface area contributed by atoms with Gasteiger partial charge >= 0.3 is 5.97 Å². The lowest BCUT2D eigenvalue weighted by molar-refractivity contribution is -0.132.